The van der Waals surface area contributed by atoms with E-state index in [1.54, 1.807) is 0 Å². The van der Waals surface area contributed by atoms with Crippen molar-refractivity contribution >= 4 is 0 Å². The molecule has 62 valence electrons. The van der Waals surface area contributed by atoms with Gasteiger partial charge in [0, 0.05) is 6.42 Å². The number of aryl methyl sites for hydroxylation is 1. The minimum atomic E-state index is -0.427. The number of hydrogen-bond donors (Lipinski definition) is 0. The lowest BCUT2D eigenvalue weighted by molar-refractivity contribution is 0.585. The Bertz CT molecular complexity index is 310. The van der Waals surface area contributed by atoms with Crippen LogP contribution in [0, 0.1) is 24.0 Å². The van der Waals surface area contributed by atoms with Crippen molar-refractivity contribution in [2.45, 2.75) is 12.8 Å². The first-order chi connectivity index (χ1) is 5.74. The Hall–Kier alpha value is -1.36. The highest BCUT2D eigenvalue weighted by molar-refractivity contribution is 5.19. The standard InChI is InChI=1S/C10H8F2/c1-2-3-4-8-7-9(11)5-6-10(8)12/h1,5-7H,3-4H2. The van der Waals surface area contributed by atoms with Crippen LogP contribution >= 0.6 is 0 Å². The summed E-state index contributed by atoms with van der Waals surface area (Å²) in [4.78, 5) is 0. The molecule has 0 bridgehead atoms. The molecule has 1 aromatic carbocycles. The summed E-state index contributed by atoms with van der Waals surface area (Å²) in [5, 5.41) is 0. The van der Waals surface area contributed by atoms with Gasteiger partial charge in [0.15, 0.2) is 0 Å². The molecule has 0 atom stereocenters. The summed E-state index contributed by atoms with van der Waals surface area (Å²) < 4.78 is 25.4. The zero-order valence-electron chi connectivity index (χ0n) is 6.48. The van der Waals surface area contributed by atoms with Gasteiger partial charge in [-0.05, 0) is 30.2 Å². The highest BCUT2D eigenvalue weighted by Gasteiger charge is 2.01. The molecule has 0 aromatic heterocycles. The molecule has 1 rings (SSSR count). The SMILES string of the molecule is C#CCCc1cc(F)ccc1F. The fourth-order valence-corrected chi connectivity index (χ4v) is 0.942. The third kappa shape index (κ3) is 2.06. The first-order valence-electron chi connectivity index (χ1n) is 3.61. The van der Waals surface area contributed by atoms with Crippen molar-refractivity contribution < 1.29 is 8.78 Å². The predicted molar refractivity (Wildman–Crippen MR) is 43.5 cm³/mol. The number of benzene rings is 1. The zero-order valence-corrected chi connectivity index (χ0v) is 6.48. The van der Waals surface area contributed by atoms with Gasteiger partial charge in [0.1, 0.15) is 11.6 Å². The maximum Gasteiger partial charge on any atom is 0.126 e. The second kappa shape index (κ2) is 3.87. The van der Waals surface area contributed by atoms with Gasteiger partial charge >= 0.3 is 0 Å². The summed E-state index contributed by atoms with van der Waals surface area (Å²) in [5.41, 5.74) is 0.341. The molecule has 0 nitrogen and oxygen atoms in total. The summed E-state index contributed by atoms with van der Waals surface area (Å²) in [6, 6.07) is 3.38. The van der Waals surface area contributed by atoms with Crippen molar-refractivity contribution in [1.29, 1.82) is 0 Å². The van der Waals surface area contributed by atoms with Crippen LogP contribution in [-0.4, -0.2) is 0 Å². The second-order valence-electron chi connectivity index (χ2n) is 2.44. The van der Waals surface area contributed by atoms with E-state index in [9.17, 15) is 8.78 Å². The lowest BCUT2D eigenvalue weighted by Crippen LogP contribution is -1.90. The van der Waals surface area contributed by atoms with Crippen molar-refractivity contribution in [2.75, 3.05) is 0 Å². The predicted octanol–water partition coefficient (Wildman–Crippen LogP) is 2.53. The fourth-order valence-electron chi connectivity index (χ4n) is 0.942. The molecule has 0 aliphatic carbocycles. The van der Waals surface area contributed by atoms with Gasteiger partial charge in [-0.1, -0.05) is 0 Å². The maximum absolute atomic E-state index is 12.9. The second-order valence-corrected chi connectivity index (χ2v) is 2.44. The van der Waals surface area contributed by atoms with Crippen LogP contribution in [0.4, 0.5) is 8.78 Å². The van der Waals surface area contributed by atoms with Gasteiger partial charge in [0.25, 0.3) is 0 Å². The smallest absolute Gasteiger partial charge is 0.126 e. The maximum atomic E-state index is 12.9. The third-order valence-corrected chi connectivity index (χ3v) is 1.55. The highest BCUT2D eigenvalue weighted by atomic mass is 19.1. The molecule has 0 aliphatic rings. The van der Waals surface area contributed by atoms with Gasteiger partial charge in [-0.3, -0.25) is 0 Å². The van der Waals surface area contributed by atoms with Crippen molar-refractivity contribution in [1.82, 2.24) is 0 Å². The first-order valence-corrected chi connectivity index (χ1v) is 3.61. The molecule has 0 N–H and O–H groups in total. The van der Waals surface area contributed by atoms with Crippen LogP contribution in [-0.2, 0) is 6.42 Å². The van der Waals surface area contributed by atoms with Crippen LogP contribution < -0.4 is 0 Å². The van der Waals surface area contributed by atoms with E-state index in [2.05, 4.69) is 5.92 Å². The Kier molecular flexibility index (Phi) is 2.82. The van der Waals surface area contributed by atoms with E-state index in [1.165, 1.54) is 6.07 Å². The van der Waals surface area contributed by atoms with E-state index in [0.29, 0.717) is 18.4 Å². The van der Waals surface area contributed by atoms with Gasteiger partial charge in [-0.2, -0.15) is 0 Å². The molecule has 0 unspecified atom stereocenters. The lowest BCUT2D eigenvalue weighted by Gasteiger charge is -1.99. The molecule has 0 heterocycles. The van der Waals surface area contributed by atoms with Crippen molar-refractivity contribution in [3.63, 3.8) is 0 Å². The molecule has 0 amide bonds. The van der Waals surface area contributed by atoms with Crippen LogP contribution in [0.5, 0.6) is 0 Å². The summed E-state index contributed by atoms with van der Waals surface area (Å²) in [6.07, 6.45) is 5.82. The monoisotopic (exact) mass is 166 g/mol. The molecule has 2 heteroatoms. The summed E-state index contributed by atoms with van der Waals surface area (Å²) in [7, 11) is 0. The summed E-state index contributed by atoms with van der Waals surface area (Å²) in [6.45, 7) is 0. The molecule has 0 saturated carbocycles. The molecule has 0 fully saturated rings. The number of rotatable bonds is 2. The molecule has 1 aromatic rings. The average Bonchev–Trinajstić information content (AvgIpc) is 2.07. The quantitative estimate of drug-likeness (QED) is 0.592. The molecule has 0 radical (unpaired) electrons. The van der Waals surface area contributed by atoms with Crippen LogP contribution in [0.1, 0.15) is 12.0 Å². The topological polar surface area (TPSA) is 0 Å². The van der Waals surface area contributed by atoms with Gasteiger partial charge in [-0.25, -0.2) is 8.78 Å². The highest BCUT2D eigenvalue weighted by Crippen LogP contribution is 2.11. The molecule has 0 spiro atoms. The average molecular weight is 166 g/mol. The van der Waals surface area contributed by atoms with Crippen molar-refractivity contribution in [3.8, 4) is 12.3 Å². The van der Waals surface area contributed by atoms with E-state index in [-0.39, 0.29) is 0 Å². The first kappa shape index (κ1) is 8.73. The van der Waals surface area contributed by atoms with Crippen molar-refractivity contribution in [3.05, 3.63) is 35.4 Å². The van der Waals surface area contributed by atoms with Crippen molar-refractivity contribution in [2.24, 2.45) is 0 Å². The molecular weight excluding hydrogens is 158 g/mol. The van der Waals surface area contributed by atoms with Crippen LogP contribution in [0.2, 0.25) is 0 Å². The van der Waals surface area contributed by atoms with E-state index < -0.39 is 11.6 Å². The van der Waals surface area contributed by atoms with Gasteiger partial charge in [-0.15, -0.1) is 12.3 Å². The van der Waals surface area contributed by atoms with E-state index in [4.69, 9.17) is 6.42 Å². The summed E-state index contributed by atoms with van der Waals surface area (Å²) >= 11 is 0. The molecule has 12 heavy (non-hydrogen) atoms. The Labute approximate surface area is 70.2 Å². The summed E-state index contributed by atoms with van der Waals surface area (Å²) in [5.74, 6) is 1.55. The largest absolute Gasteiger partial charge is 0.207 e. The van der Waals surface area contributed by atoms with Crippen LogP contribution in [0.25, 0.3) is 0 Å². The van der Waals surface area contributed by atoms with Gasteiger partial charge < -0.3 is 0 Å². The normalized spacial score (nSPS) is 9.42. The third-order valence-electron chi connectivity index (χ3n) is 1.55. The molecular formula is C10H8F2. The Balaban J connectivity index is 2.84. The number of terminal acetylenes is 1. The molecule has 0 saturated heterocycles. The van der Waals surface area contributed by atoms with Crippen LogP contribution in [0.3, 0.4) is 0 Å². The van der Waals surface area contributed by atoms with Gasteiger partial charge in [0.05, 0.1) is 0 Å². The number of halogens is 2. The molecule has 0 aliphatic heterocycles. The van der Waals surface area contributed by atoms with E-state index >= 15 is 0 Å². The van der Waals surface area contributed by atoms with Gasteiger partial charge in [0.2, 0.25) is 0 Å². The minimum Gasteiger partial charge on any atom is -0.207 e. The van der Waals surface area contributed by atoms with Crippen LogP contribution in [0.15, 0.2) is 18.2 Å². The Morgan fingerprint density at radius 3 is 2.75 bits per heavy atom. The van der Waals surface area contributed by atoms with E-state index in [1.807, 2.05) is 0 Å². The number of hydrogen-bond acceptors (Lipinski definition) is 0. The fraction of sp³-hybridized carbons (Fsp3) is 0.200. The lowest BCUT2D eigenvalue weighted by atomic mass is 10.1. The minimum absolute atomic E-state index is 0.341. The Morgan fingerprint density at radius 1 is 1.33 bits per heavy atom. The van der Waals surface area contributed by atoms with E-state index in [0.717, 1.165) is 12.1 Å². The Morgan fingerprint density at radius 2 is 2.08 bits per heavy atom. The zero-order chi connectivity index (χ0) is 8.97.